The van der Waals surface area contributed by atoms with E-state index in [-0.39, 0.29) is 0 Å². The van der Waals surface area contributed by atoms with E-state index in [4.69, 9.17) is 9.47 Å². The first-order chi connectivity index (χ1) is 12.4. The van der Waals surface area contributed by atoms with E-state index in [1.807, 2.05) is 18.3 Å². The number of H-pyrrole nitrogens is 1. The Labute approximate surface area is 144 Å². The highest BCUT2D eigenvalue weighted by Gasteiger charge is 2.22. The third kappa shape index (κ3) is 2.82. The molecule has 25 heavy (non-hydrogen) atoms. The molecule has 0 spiro atoms. The van der Waals surface area contributed by atoms with Crippen molar-refractivity contribution in [3.63, 3.8) is 0 Å². The molecule has 1 saturated carbocycles. The van der Waals surface area contributed by atoms with Crippen molar-refractivity contribution in [3.05, 3.63) is 30.5 Å². The summed E-state index contributed by atoms with van der Waals surface area (Å²) < 4.78 is 11.3. The van der Waals surface area contributed by atoms with E-state index < -0.39 is 0 Å². The van der Waals surface area contributed by atoms with Crippen LogP contribution in [0.15, 0.2) is 24.4 Å². The molecule has 3 N–H and O–H groups in total. The molecule has 0 saturated heterocycles. The average Bonchev–Trinajstić information content (AvgIpc) is 3.35. The molecule has 127 valence electrons. The lowest BCUT2D eigenvalue weighted by Gasteiger charge is -2.20. The van der Waals surface area contributed by atoms with Crippen molar-refractivity contribution in [3.8, 4) is 11.5 Å². The summed E-state index contributed by atoms with van der Waals surface area (Å²) in [6.07, 6.45) is 4.47. The van der Waals surface area contributed by atoms with Crippen molar-refractivity contribution < 1.29 is 9.47 Å². The number of anilines is 3. The van der Waals surface area contributed by atoms with Gasteiger partial charge in [0.1, 0.15) is 24.7 Å². The monoisotopic (exact) mass is 336 g/mol. The van der Waals surface area contributed by atoms with Gasteiger partial charge < -0.3 is 25.1 Å². The molecule has 5 rings (SSSR count). The summed E-state index contributed by atoms with van der Waals surface area (Å²) in [5, 5.41) is 7.70. The molecule has 1 aromatic carbocycles. The van der Waals surface area contributed by atoms with E-state index >= 15 is 0 Å². The molecule has 7 nitrogen and oxygen atoms in total. The summed E-state index contributed by atoms with van der Waals surface area (Å²) in [4.78, 5) is 12.4. The molecule has 2 aromatic heterocycles. The van der Waals surface area contributed by atoms with Gasteiger partial charge >= 0.3 is 0 Å². The highest BCUT2D eigenvalue weighted by molar-refractivity contribution is 5.88. The SMILES string of the molecule is [c]1ccc(Nc2nc(NCC3CC3)c3cc[nH]c3n2)c2c1OCCO2. The first kappa shape index (κ1) is 14.4. The zero-order valence-electron chi connectivity index (χ0n) is 13.6. The lowest BCUT2D eigenvalue weighted by atomic mass is 10.2. The number of nitrogens with zero attached hydrogens (tertiary/aromatic N) is 2. The zero-order valence-corrected chi connectivity index (χ0v) is 13.6. The number of aromatic nitrogens is 3. The van der Waals surface area contributed by atoms with E-state index in [1.165, 1.54) is 12.8 Å². The molecule has 0 unspecified atom stereocenters. The van der Waals surface area contributed by atoms with Crippen LogP contribution in [0.2, 0.25) is 0 Å². The molecule has 2 aliphatic rings. The quantitative estimate of drug-likeness (QED) is 0.664. The van der Waals surface area contributed by atoms with Crippen molar-refractivity contribution in [1.29, 1.82) is 0 Å². The van der Waals surface area contributed by atoms with E-state index in [0.29, 0.717) is 30.7 Å². The average molecular weight is 336 g/mol. The topological polar surface area (TPSA) is 84.1 Å². The zero-order chi connectivity index (χ0) is 16.6. The Balaban J connectivity index is 1.48. The first-order valence-corrected chi connectivity index (χ1v) is 8.53. The van der Waals surface area contributed by atoms with Gasteiger partial charge in [0.2, 0.25) is 5.95 Å². The van der Waals surface area contributed by atoms with E-state index in [9.17, 15) is 0 Å². The van der Waals surface area contributed by atoms with Crippen LogP contribution in [0.5, 0.6) is 11.5 Å². The molecule has 1 aliphatic carbocycles. The smallest absolute Gasteiger partial charge is 0.231 e. The van der Waals surface area contributed by atoms with Crippen molar-refractivity contribution in [2.24, 2.45) is 5.92 Å². The summed E-state index contributed by atoms with van der Waals surface area (Å²) in [5.41, 5.74) is 1.57. The number of nitrogens with one attached hydrogen (secondary N) is 3. The van der Waals surface area contributed by atoms with E-state index in [1.54, 1.807) is 6.07 Å². The van der Waals surface area contributed by atoms with Gasteiger partial charge in [-0.25, -0.2) is 0 Å². The van der Waals surface area contributed by atoms with Crippen LogP contribution in [0.4, 0.5) is 17.5 Å². The molecule has 0 atom stereocenters. The van der Waals surface area contributed by atoms with Gasteiger partial charge in [-0.1, -0.05) is 0 Å². The fraction of sp³-hybridized carbons (Fsp3) is 0.333. The van der Waals surface area contributed by atoms with Gasteiger partial charge in [0.15, 0.2) is 11.5 Å². The number of aromatic amines is 1. The predicted octanol–water partition coefficient (Wildman–Crippen LogP) is 3.09. The Bertz CT molecular complexity index is 919. The largest absolute Gasteiger partial charge is 0.485 e. The standard InChI is InChI=1S/C18H18N5O2/c1-2-13(15-14(3-1)24-8-9-25-15)21-18-22-16-12(6-7-19-16)17(23-18)20-10-11-4-5-11/h1-2,6-7,11H,4-5,8-10H2,(H3,19,20,21,22,23). The Morgan fingerprint density at radius 2 is 2.12 bits per heavy atom. The molecule has 1 fully saturated rings. The number of ether oxygens (including phenoxy) is 2. The number of fused-ring (bicyclic) bond motifs is 2. The van der Waals surface area contributed by atoms with E-state index in [2.05, 4.69) is 31.7 Å². The lowest BCUT2D eigenvalue weighted by Crippen LogP contribution is -2.16. The van der Waals surface area contributed by atoms with Crippen molar-refractivity contribution in [1.82, 2.24) is 15.0 Å². The maximum absolute atomic E-state index is 5.72. The third-order valence-electron chi connectivity index (χ3n) is 4.41. The van der Waals surface area contributed by atoms with Gasteiger partial charge in [-0.05, 0) is 37.0 Å². The predicted molar refractivity (Wildman–Crippen MR) is 94.7 cm³/mol. The van der Waals surface area contributed by atoms with Gasteiger partial charge in [0, 0.05) is 18.8 Å². The maximum Gasteiger partial charge on any atom is 0.231 e. The maximum atomic E-state index is 5.72. The molecule has 3 aromatic rings. The highest BCUT2D eigenvalue weighted by Crippen LogP contribution is 2.38. The summed E-state index contributed by atoms with van der Waals surface area (Å²) in [6, 6.07) is 8.72. The Morgan fingerprint density at radius 1 is 1.20 bits per heavy atom. The second kappa shape index (κ2) is 5.84. The minimum Gasteiger partial charge on any atom is -0.485 e. The number of hydrogen-bond donors (Lipinski definition) is 3. The molecule has 0 bridgehead atoms. The molecule has 1 aliphatic heterocycles. The van der Waals surface area contributed by atoms with Gasteiger partial charge in [0.05, 0.1) is 11.1 Å². The number of benzene rings is 1. The molecule has 3 heterocycles. The van der Waals surface area contributed by atoms with E-state index in [0.717, 1.165) is 35.0 Å². The second-order valence-electron chi connectivity index (χ2n) is 6.33. The van der Waals surface area contributed by atoms with Crippen LogP contribution in [0.25, 0.3) is 11.0 Å². The van der Waals surface area contributed by atoms with Gasteiger partial charge in [-0.3, -0.25) is 0 Å². The van der Waals surface area contributed by atoms with Gasteiger partial charge in [0.25, 0.3) is 0 Å². The Hall–Kier alpha value is -2.96. The van der Waals surface area contributed by atoms with Gasteiger partial charge in [-0.2, -0.15) is 9.97 Å². The summed E-state index contributed by atoms with van der Waals surface area (Å²) >= 11 is 0. The van der Waals surface area contributed by atoms with Crippen LogP contribution in [0, 0.1) is 12.0 Å². The van der Waals surface area contributed by atoms with Crippen molar-refractivity contribution in [2.45, 2.75) is 12.8 Å². The molecular weight excluding hydrogens is 318 g/mol. The van der Waals surface area contributed by atoms with Crippen LogP contribution in [-0.2, 0) is 0 Å². The molecule has 7 heteroatoms. The fourth-order valence-electron chi connectivity index (χ4n) is 2.92. The number of rotatable bonds is 5. The van der Waals surface area contributed by atoms with Crippen molar-refractivity contribution in [2.75, 3.05) is 30.4 Å². The summed E-state index contributed by atoms with van der Waals surface area (Å²) in [5.74, 6) is 3.38. The Kier molecular flexibility index (Phi) is 3.36. The highest BCUT2D eigenvalue weighted by atomic mass is 16.6. The van der Waals surface area contributed by atoms with Gasteiger partial charge in [-0.15, -0.1) is 0 Å². The minimum absolute atomic E-state index is 0.510. The normalized spacial score (nSPS) is 16.0. The van der Waals surface area contributed by atoms with Crippen LogP contribution < -0.4 is 20.1 Å². The molecule has 1 radical (unpaired) electrons. The first-order valence-electron chi connectivity index (χ1n) is 8.53. The third-order valence-corrected chi connectivity index (χ3v) is 4.41. The summed E-state index contributed by atoms with van der Waals surface area (Å²) in [7, 11) is 0. The van der Waals surface area contributed by atoms with Crippen LogP contribution in [-0.4, -0.2) is 34.7 Å². The fourth-order valence-corrected chi connectivity index (χ4v) is 2.92. The minimum atomic E-state index is 0.510. The van der Waals surface area contributed by atoms with Crippen LogP contribution in [0.3, 0.4) is 0 Å². The summed E-state index contributed by atoms with van der Waals surface area (Å²) in [6.45, 7) is 2.00. The van der Waals surface area contributed by atoms with Crippen LogP contribution in [0.1, 0.15) is 12.8 Å². The number of hydrogen-bond acceptors (Lipinski definition) is 6. The van der Waals surface area contributed by atoms with Crippen LogP contribution >= 0.6 is 0 Å². The Morgan fingerprint density at radius 3 is 3.04 bits per heavy atom. The van der Waals surface area contributed by atoms with Crippen molar-refractivity contribution >= 4 is 28.5 Å². The molecule has 0 amide bonds. The lowest BCUT2D eigenvalue weighted by molar-refractivity contribution is 0.172. The molecular formula is C18H18N5O2. The second-order valence-corrected chi connectivity index (χ2v) is 6.33.